The molecule has 0 aromatic heterocycles. The molecule has 0 radical (unpaired) electrons. The number of hydrogen-bond acceptors (Lipinski definition) is 4. The second-order valence-electron chi connectivity index (χ2n) is 5.38. The minimum absolute atomic E-state index is 0.167. The third-order valence-corrected chi connectivity index (χ3v) is 3.34. The van der Waals surface area contributed by atoms with Crippen LogP contribution in [0.4, 0.5) is 0 Å². The molecule has 1 saturated heterocycles. The molecule has 0 aliphatic carbocycles. The predicted molar refractivity (Wildman–Crippen MR) is 77.1 cm³/mol. The summed E-state index contributed by atoms with van der Waals surface area (Å²) in [5.41, 5.74) is 0.952. The largest absolute Gasteiger partial charge is 0.466 e. The van der Waals surface area contributed by atoms with Crippen LogP contribution in [0.5, 0.6) is 0 Å². The Morgan fingerprint density at radius 2 is 2.05 bits per heavy atom. The summed E-state index contributed by atoms with van der Waals surface area (Å²) >= 11 is 0. The molecular weight excluding hydrogens is 255 g/mol. The molecule has 1 fully saturated rings. The normalized spacial score (nSPS) is 20.8. The van der Waals surface area contributed by atoms with E-state index in [1.807, 2.05) is 44.2 Å². The average Bonchev–Trinajstić information content (AvgIpc) is 2.73. The van der Waals surface area contributed by atoms with Crippen LogP contribution in [-0.4, -0.2) is 25.8 Å². The van der Waals surface area contributed by atoms with Crippen molar-refractivity contribution in [2.45, 2.75) is 31.9 Å². The van der Waals surface area contributed by atoms with Gasteiger partial charge in [0.1, 0.15) is 0 Å². The molecule has 0 bridgehead atoms. The molecule has 4 nitrogen and oxygen atoms in total. The van der Waals surface area contributed by atoms with Crippen molar-refractivity contribution in [3.8, 4) is 0 Å². The van der Waals surface area contributed by atoms with E-state index in [-0.39, 0.29) is 6.10 Å². The van der Waals surface area contributed by atoms with Gasteiger partial charge in [0.2, 0.25) is 0 Å². The zero-order chi connectivity index (χ0) is 14.8. The van der Waals surface area contributed by atoms with E-state index in [1.165, 1.54) is 7.11 Å². The van der Waals surface area contributed by atoms with E-state index in [1.54, 1.807) is 0 Å². The lowest BCUT2D eigenvalue weighted by molar-refractivity contribution is -0.136. The van der Waals surface area contributed by atoms with Gasteiger partial charge in [0.05, 0.1) is 18.8 Å². The molecule has 1 aliphatic heterocycles. The van der Waals surface area contributed by atoms with Crippen molar-refractivity contribution < 1.29 is 18.8 Å². The predicted octanol–water partition coefficient (Wildman–Crippen LogP) is 2.77. The van der Waals surface area contributed by atoms with Gasteiger partial charge in [0, 0.05) is 11.9 Å². The number of carbonyl (C=O) groups excluding carboxylic acids is 1. The van der Waals surface area contributed by atoms with Gasteiger partial charge >= 0.3 is 13.1 Å². The van der Waals surface area contributed by atoms with Gasteiger partial charge in [0.25, 0.3) is 0 Å². The Morgan fingerprint density at radius 1 is 1.40 bits per heavy atom. The van der Waals surface area contributed by atoms with Crippen LogP contribution in [0.3, 0.4) is 0 Å². The van der Waals surface area contributed by atoms with E-state index in [4.69, 9.17) is 9.31 Å². The topological polar surface area (TPSA) is 44.8 Å². The molecule has 0 N–H and O–H groups in total. The average molecular weight is 274 g/mol. The summed E-state index contributed by atoms with van der Waals surface area (Å²) in [6.45, 7) is 7.66. The molecule has 0 amide bonds. The Labute approximate surface area is 119 Å². The highest BCUT2D eigenvalue weighted by molar-refractivity contribution is 6.47. The Balaban J connectivity index is 2.08. The summed E-state index contributed by atoms with van der Waals surface area (Å²) in [6, 6.07) is 9.91. The molecule has 2 rings (SSSR count). The van der Waals surface area contributed by atoms with E-state index in [0.717, 1.165) is 5.56 Å². The summed E-state index contributed by atoms with van der Waals surface area (Å²) < 4.78 is 16.5. The quantitative estimate of drug-likeness (QED) is 0.481. The van der Waals surface area contributed by atoms with Crippen molar-refractivity contribution in [3.05, 3.63) is 48.0 Å². The van der Waals surface area contributed by atoms with Crippen LogP contribution in [0.15, 0.2) is 42.5 Å². The Morgan fingerprint density at radius 3 is 2.65 bits per heavy atom. The maximum absolute atomic E-state index is 11.4. The van der Waals surface area contributed by atoms with Crippen LogP contribution in [-0.2, 0) is 18.8 Å². The van der Waals surface area contributed by atoms with Crippen LogP contribution < -0.4 is 0 Å². The highest BCUT2D eigenvalue weighted by Gasteiger charge is 2.46. The number of carbonyl (C=O) groups is 1. The molecule has 106 valence electrons. The molecular formula is C15H19BO4. The number of methoxy groups -OCH3 is 1. The first-order chi connectivity index (χ1) is 9.44. The van der Waals surface area contributed by atoms with Gasteiger partial charge < -0.3 is 14.0 Å². The smallest absolute Gasteiger partial charge is 0.462 e. The minimum atomic E-state index is -0.484. The zero-order valence-electron chi connectivity index (χ0n) is 12.1. The first kappa shape index (κ1) is 14.8. The van der Waals surface area contributed by atoms with Gasteiger partial charge in [-0.1, -0.05) is 36.9 Å². The summed E-state index contributed by atoms with van der Waals surface area (Å²) in [4.78, 5) is 11.4. The van der Waals surface area contributed by atoms with E-state index < -0.39 is 18.7 Å². The third kappa shape index (κ3) is 3.11. The molecule has 1 aromatic carbocycles. The van der Waals surface area contributed by atoms with Crippen molar-refractivity contribution >= 4 is 13.1 Å². The van der Waals surface area contributed by atoms with Crippen molar-refractivity contribution in [1.82, 2.24) is 0 Å². The molecule has 5 heteroatoms. The van der Waals surface area contributed by atoms with Crippen molar-refractivity contribution in [2.24, 2.45) is 0 Å². The Bertz CT molecular complexity index is 498. The van der Waals surface area contributed by atoms with Crippen LogP contribution >= 0.6 is 0 Å². The molecule has 0 saturated carbocycles. The minimum Gasteiger partial charge on any atom is -0.466 e. The molecule has 1 atom stereocenters. The van der Waals surface area contributed by atoms with E-state index in [2.05, 4.69) is 11.3 Å². The maximum atomic E-state index is 11.4. The summed E-state index contributed by atoms with van der Waals surface area (Å²) in [6.07, 6.45) is 0.138. The Hall–Kier alpha value is -1.59. The lowest BCUT2D eigenvalue weighted by Crippen LogP contribution is -2.27. The number of benzene rings is 1. The van der Waals surface area contributed by atoms with Crippen LogP contribution in [0.1, 0.15) is 25.5 Å². The lowest BCUT2D eigenvalue weighted by Gasteiger charge is -2.25. The highest BCUT2D eigenvalue weighted by atomic mass is 16.7. The second kappa shape index (κ2) is 5.81. The lowest BCUT2D eigenvalue weighted by atomic mass is 9.81. The molecule has 1 heterocycles. The van der Waals surface area contributed by atoms with Crippen LogP contribution in [0.25, 0.3) is 0 Å². The number of rotatable bonds is 4. The standard InChI is InChI=1S/C15H19BO4/c1-11(14(17)18-4)10-16-19-13(15(2,3)20-16)12-8-6-5-7-9-12/h5-9,13H,1,10H2,2-4H3/t13-/m1/s1. The monoisotopic (exact) mass is 274 g/mol. The fraction of sp³-hybridized carbons (Fsp3) is 0.400. The number of hydrogen-bond donors (Lipinski definition) is 0. The maximum Gasteiger partial charge on any atom is 0.462 e. The van der Waals surface area contributed by atoms with E-state index in [9.17, 15) is 4.79 Å². The molecule has 1 aromatic rings. The summed E-state index contributed by atoms with van der Waals surface area (Å²) in [5.74, 6) is -0.432. The van der Waals surface area contributed by atoms with Crippen molar-refractivity contribution in [2.75, 3.05) is 7.11 Å². The van der Waals surface area contributed by atoms with Gasteiger partial charge in [-0.3, -0.25) is 0 Å². The van der Waals surface area contributed by atoms with E-state index >= 15 is 0 Å². The van der Waals surface area contributed by atoms with Crippen molar-refractivity contribution in [3.63, 3.8) is 0 Å². The molecule has 20 heavy (non-hydrogen) atoms. The van der Waals surface area contributed by atoms with Gasteiger partial charge in [-0.2, -0.15) is 0 Å². The first-order valence-electron chi connectivity index (χ1n) is 6.58. The van der Waals surface area contributed by atoms with Crippen LogP contribution in [0.2, 0.25) is 6.32 Å². The Kier molecular flexibility index (Phi) is 4.31. The van der Waals surface area contributed by atoms with Crippen LogP contribution in [0, 0.1) is 0 Å². The van der Waals surface area contributed by atoms with Gasteiger partial charge in [-0.15, -0.1) is 0 Å². The second-order valence-corrected chi connectivity index (χ2v) is 5.38. The van der Waals surface area contributed by atoms with E-state index in [0.29, 0.717) is 11.9 Å². The van der Waals surface area contributed by atoms with Gasteiger partial charge in [-0.25, -0.2) is 4.79 Å². The SMILES string of the molecule is C=C(CB1O[C@H](c2ccccc2)C(C)(C)O1)C(=O)OC. The van der Waals surface area contributed by atoms with Crippen molar-refractivity contribution in [1.29, 1.82) is 0 Å². The van der Waals surface area contributed by atoms with Gasteiger partial charge in [0.15, 0.2) is 0 Å². The number of ether oxygens (including phenoxy) is 1. The first-order valence-corrected chi connectivity index (χ1v) is 6.58. The zero-order valence-corrected chi connectivity index (χ0v) is 12.1. The fourth-order valence-corrected chi connectivity index (χ4v) is 2.37. The highest BCUT2D eigenvalue weighted by Crippen LogP contribution is 2.40. The molecule has 1 aliphatic rings. The molecule has 0 unspecified atom stereocenters. The summed E-state index contributed by atoms with van der Waals surface area (Å²) in [5, 5.41) is 0. The fourth-order valence-electron chi connectivity index (χ4n) is 2.37. The van der Waals surface area contributed by atoms with Gasteiger partial charge in [-0.05, 0) is 19.4 Å². The molecule has 0 spiro atoms. The third-order valence-electron chi connectivity index (χ3n) is 3.34. The summed E-state index contributed by atoms with van der Waals surface area (Å²) in [7, 11) is 0.849. The number of esters is 1.